The molecule has 0 unspecified atom stereocenters. The van der Waals surface area contributed by atoms with E-state index in [2.05, 4.69) is 25.1 Å². The molecule has 18 heavy (non-hydrogen) atoms. The molecule has 2 rings (SSSR count). The first-order chi connectivity index (χ1) is 8.61. The van der Waals surface area contributed by atoms with Gasteiger partial charge in [0.15, 0.2) is 0 Å². The lowest BCUT2D eigenvalue weighted by atomic mass is 10.1. The quantitative estimate of drug-likeness (QED) is 0.816. The smallest absolute Gasteiger partial charge is 0.101 e. The van der Waals surface area contributed by atoms with Crippen LogP contribution in [0.5, 0.6) is 0 Å². The van der Waals surface area contributed by atoms with Gasteiger partial charge >= 0.3 is 0 Å². The van der Waals surface area contributed by atoms with Crippen molar-refractivity contribution >= 4 is 17.1 Å². The Morgan fingerprint density at radius 1 is 1.11 bits per heavy atom. The first-order valence-corrected chi connectivity index (χ1v) is 5.72. The van der Waals surface area contributed by atoms with E-state index in [0.717, 1.165) is 11.4 Å². The fourth-order valence-corrected chi connectivity index (χ4v) is 1.85. The minimum Gasteiger partial charge on any atom is -0.398 e. The van der Waals surface area contributed by atoms with Crippen LogP contribution in [-0.2, 0) is 0 Å². The molecule has 0 aliphatic carbocycles. The Hall–Kier alpha value is -2.47. The third-order valence-corrected chi connectivity index (χ3v) is 2.93. The van der Waals surface area contributed by atoms with Crippen LogP contribution in [0.1, 0.15) is 11.1 Å². The lowest BCUT2D eigenvalue weighted by Crippen LogP contribution is -2.10. The van der Waals surface area contributed by atoms with Crippen LogP contribution >= 0.6 is 0 Å². The number of hydrogen-bond donors (Lipinski definition) is 1. The molecule has 0 saturated carbocycles. The third-order valence-electron chi connectivity index (χ3n) is 2.93. The van der Waals surface area contributed by atoms with Gasteiger partial charge < -0.3 is 10.6 Å². The number of nitrogens with zero attached hydrogens (tertiary/aromatic N) is 2. The Labute approximate surface area is 107 Å². The van der Waals surface area contributed by atoms with Crippen LogP contribution in [0.3, 0.4) is 0 Å². The van der Waals surface area contributed by atoms with Gasteiger partial charge in [0.25, 0.3) is 0 Å². The second kappa shape index (κ2) is 4.80. The van der Waals surface area contributed by atoms with Crippen molar-refractivity contribution in [2.45, 2.75) is 6.92 Å². The summed E-state index contributed by atoms with van der Waals surface area (Å²) in [6, 6.07) is 15.8. The maximum Gasteiger partial charge on any atom is 0.101 e. The van der Waals surface area contributed by atoms with Crippen LogP contribution in [-0.4, -0.2) is 7.05 Å². The zero-order chi connectivity index (χ0) is 13.1. The van der Waals surface area contributed by atoms with Crippen LogP contribution in [0.2, 0.25) is 0 Å². The lowest BCUT2D eigenvalue weighted by Gasteiger charge is -2.20. The van der Waals surface area contributed by atoms with E-state index in [0.29, 0.717) is 11.3 Å². The number of rotatable bonds is 2. The Bertz CT molecular complexity index is 611. The normalized spacial score (nSPS) is 9.83. The average molecular weight is 237 g/mol. The highest BCUT2D eigenvalue weighted by molar-refractivity contribution is 5.69. The van der Waals surface area contributed by atoms with E-state index in [1.807, 2.05) is 36.2 Å². The molecule has 0 saturated heterocycles. The summed E-state index contributed by atoms with van der Waals surface area (Å²) >= 11 is 0. The van der Waals surface area contributed by atoms with Gasteiger partial charge in [-0.3, -0.25) is 0 Å². The predicted molar refractivity (Wildman–Crippen MR) is 74.8 cm³/mol. The Balaban J connectivity index is 2.38. The molecule has 0 amide bonds. The molecule has 2 aromatic carbocycles. The van der Waals surface area contributed by atoms with Crippen molar-refractivity contribution < 1.29 is 0 Å². The summed E-state index contributed by atoms with van der Waals surface area (Å²) in [6.07, 6.45) is 0. The highest BCUT2D eigenvalue weighted by Crippen LogP contribution is 2.27. The maximum absolute atomic E-state index is 8.86. The Morgan fingerprint density at radius 2 is 1.83 bits per heavy atom. The van der Waals surface area contributed by atoms with E-state index >= 15 is 0 Å². The number of aryl methyl sites for hydroxylation is 1. The van der Waals surface area contributed by atoms with Gasteiger partial charge in [0, 0.05) is 18.4 Å². The molecule has 3 heteroatoms. The van der Waals surface area contributed by atoms with E-state index in [9.17, 15) is 0 Å². The van der Waals surface area contributed by atoms with Gasteiger partial charge in [-0.2, -0.15) is 5.26 Å². The second-order valence-corrected chi connectivity index (χ2v) is 4.28. The van der Waals surface area contributed by atoms with E-state index in [-0.39, 0.29) is 0 Å². The number of benzene rings is 2. The molecule has 0 aromatic heterocycles. The Kier molecular flexibility index (Phi) is 3.20. The van der Waals surface area contributed by atoms with Crippen LogP contribution in [0, 0.1) is 18.3 Å². The van der Waals surface area contributed by atoms with Crippen molar-refractivity contribution in [3.63, 3.8) is 0 Å². The van der Waals surface area contributed by atoms with Crippen molar-refractivity contribution in [3.8, 4) is 6.07 Å². The van der Waals surface area contributed by atoms with Gasteiger partial charge in [0.2, 0.25) is 0 Å². The van der Waals surface area contributed by atoms with Gasteiger partial charge in [-0.15, -0.1) is 0 Å². The van der Waals surface area contributed by atoms with Crippen LogP contribution in [0.15, 0.2) is 42.5 Å². The maximum atomic E-state index is 8.86. The zero-order valence-electron chi connectivity index (χ0n) is 10.5. The summed E-state index contributed by atoms with van der Waals surface area (Å²) in [6.45, 7) is 2.06. The summed E-state index contributed by atoms with van der Waals surface area (Å²) in [5, 5.41) is 8.86. The van der Waals surface area contributed by atoms with E-state index in [1.54, 1.807) is 6.07 Å². The highest BCUT2D eigenvalue weighted by Gasteiger charge is 2.06. The highest BCUT2D eigenvalue weighted by atomic mass is 15.1. The standard InChI is InChI=1S/C15H15N3/c1-11-4-3-5-13(8-11)18(2)14-7-6-12(10-16)15(17)9-14/h3-9H,17H2,1-2H3. The summed E-state index contributed by atoms with van der Waals surface area (Å²) in [5.74, 6) is 0. The first-order valence-electron chi connectivity index (χ1n) is 5.72. The number of anilines is 3. The van der Waals surface area contributed by atoms with Gasteiger partial charge in [-0.05, 0) is 42.8 Å². The monoisotopic (exact) mass is 237 g/mol. The van der Waals surface area contributed by atoms with Crippen molar-refractivity contribution in [1.29, 1.82) is 5.26 Å². The fourth-order valence-electron chi connectivity index (χ4n) is 1.85. The van der Waals surface area contributed by atoms with Crippen LogP contribution < -0.4 is 10.6 Å². The average Bonchev–Trinajstić information content (AvgIpc) is 2.37. The van der Waals surface area contributed by atoms with Crippen LogP contribution in [0.25, 0.3) is 0 Å². The van der Waals surface area contributed by atoms with E-state index < -0.39 is 0 Å². The molecule has 0 fully saturated rings. The summed E-state index contributed by atoms with van der Waals surface area (Å²) in [7, 11) is 1.98. The molecule has 0 atom stereocenters. The fraction of sp³-hybridized carbons (Fsp3) is 0.133. The molecule has 0 radical (unpaired) electrons. The summed E-state index contributed by atoms with van der Waals surface area (Å²) in [5.41, 5.74) is 10.1. The van der Waals surface area contributed by atoms with Crippen molar-refractivity contribution in [2.75, 3.05) is 17.7 Å². The molecule has 2 N–H and O–H groups in total. The minimum absolute atomic E-state index is 0.509. The molecule has 2 aromatic rings. The van der Waals surface area contributed by atoms with E-state index in [4.69, 9.17) is 11.0 Å². The molecule has 0 aliphatic rings. The molecule has 0 bridgehead atoms. The van der Waals surface area contributed by atoms with Gasteiger partial charge in [0.1, 0.15) is 6.07 Å². The van der Waals surface area contributed by atoms with Crippen molar-refractivity contribution in [1.82, 2.24) is 0 Å². The molecular formula is C15H15N3. The second-order valence-electron chi connectivity index (χ2n) is 4.28. The first kappa shape index (κ1) is 12.0. The SMILES string of the molecule is Cc1cccc(N(C)c2ccc(C#N)c(N)c2)c1. The van der Waals surface area contributed by atoms with Crippen molar-refractivity contribution in [3.05, 3.63) is 53.6 Å². The number of hydrogen-bond acceptors (Lipinski definition) is 3. The number of nitrogens with two attached hydrogens (primary N) is 1. The van der Waals surface area contributed by atoms with Gasteiger partial charge in [0.05, 0.1) is 11.3 Å². The summed E-state index contributed by atoms with van der Waals surface area (Å²) < 4.78 is 0. The minimum atomic E-state index is 0.509. The molecule has 0 spiro atoms. The lowest BCUT2D eigenvalue weighted by molar-refractivity contribution is 1.20. The van der Waals surface area contributed by atoms with Crippen LogP contribution in [0.4, 0.5) is 17.1 Å². The third kappa shape index (κ3) is 2.28. The molecule has 90 valence electrons. The van der Waals surface area contributed by atoms with Gasteiger partial charge in [-0.1, -0.05) is 12.1 Å². The molecule has 0 aliphatic heterocycles. The number of nitrogen functional groups attached to an aromatic ring is 1. The predicted octanol–water partition coefficient (Wildman–Crippen LogP) is 3.22. The largest absolute Gasteiger partial charge is 0.398 e. The molecule has 0 heterocycles. The topological polar surface area (TPSA) is 53.0 Å². The molecule has 3 nitrogen and oxygen atoms in total. The van der Waals surface area contributed by atoms with Gasteiger partial charge in [-0.25, -0.2) is 0 Å². The van der Waals surface area contributed by atoms with Crippen molar-refractivity contribution in [2.24, 2.45) is 0 Å². The van der Waals surface area contributed by atoms with E-state index in [1.165, 1.54) is 5.56 Å². The summed E-state index contributed by atoms with van der Waals surface area (Å²) in [4.78, 5) is 2.05. The Morgan fingerprint density at radius 3 is 2.44 bits per heavy atom. The zero-order valence-corrected chi connectivity index (χ0v) is 10.5. The number of nitriles is 1. The molecular weight excluding hydrogens is 222 g/mol.